The predicted molar refractivity (Wildman–Crippen MR) is 161 cm³/mol. The molecule has 10 nitrogen and oxygen atoms in total. The third kappa shape index (κ3) is 9.07. The third-order valence-electron chi connectivity index (χ3n) is 6.22. The zero-order valence-corrected chi connectivity index (χ0v) is 23.7. The standard InChI is InChI=1S/C27H33N9OS2/c1-18(15-22-29-11-5-4-6-12-30-22)33-26(28-3)38-19(2)20-9-7-10-21(16-20)25-35-36-27(39-25)34-24(37)17-23-31-13-8-14-32-23/h8,11,13-14,20-21,27,36H,1-2,5,7,9-10,12,15-17H2,3H3,(H,28,33)(H,34,37)/t20-,21?,27?/m1/s1. The number of hydrogen-bond acceptors (Lipinski definition) is 10. The van der Waals surface area contributed by atoms with Gasteiger partial charge in [0.2, 0.25) is 5.91 Å². The van der Waals surface area contributed by atoms with Gasteiger partial charge in [0.1, 0.15) is 23.2 Å². The number of aliphatic imine (C=N–C) groups is 3. The van der Waals surface area contributed by atoms with Crippen molar-refractivity contribution in [1.29, 1.82) is 0 Å². The van der Waals surface area contributed by atoms with Crippen molar-refractivity contribution in [3.63, 3.8) is 0 Å². The van der Waals surface area contributed by atoms with Crippen LogP contribution in [0.5, 0.6) is 0 Å². The van der Waals surface area contributed by atoms with Crippen LogP contribution in [-0.4, -0.2) is 57.2 Å². The summed E-state index contributed by atoms with van der Waals surface area (Å²) in [6.45, 7) is 8.98. The Bertz CT molecular complexity index is 1250. The van der Waals surface area contributed by atoms with Crippen LogP contribution in [0.4, 0.5) is 0 Å². The summed E-state index contributed by atoms with van der Waals surface area (Å²) in [5.74, 6) is 7.70. The first-order valence-electron chi connectivity index (χ1n) is 12.8. The Kier molecular flexibility index (Phi) is 10.7. The monoisotopic (exact) mass is 563 g/mol. The van der Waals surface area contributed by atoms with E-state index >= 15 is 0 Å². The summed E-state index contributed by atoms with van der Waals surface area (Å²) in [4.78, 5) is 34.9. The number of carbonyl (C=O) groups is 1. The molecule has 2 unspecified atom stereocenters. The van der Waals surface area contributed by atoms with Crippen LogP contribution in [0.15, 0.2) is 62.3 Å². The van der Waals surface area contributed by atoms with Crippen LogP contribution in [-0.2, 0) is 11.2 Å². The van der Waals surface area contributed by atoms with E-state index in [4.69, 9.17) is 0 Å². The van der Waals surface area contributed by atoms with Gasteiger partial charge in [-0.25, -0.2) is 15.0 Å². The Labute approximate surface area is 237 Å². The molecular formula is C27H33N9OS2. The highest BCUT2D eigenvalue weighted by Crippen LogP contribution is 2.40. The second-order valence-corrected chi connectivity index (χ2v) is 11.4. The number of carbonyl (C=O) groups excluding carboxylic acids is 1. The van der Waals surface area contributed by atoms with Crippen molar-refractivity contribution in [2.24, 2.45) is 31.9 Å². The number of nitrogens with zero attached hydrogens (tertiary/aromatic N) is 6. The number of thioether (sulfide) groups is 2. The number of allylic oxidation sites excluding steroid dienone is 1. The lowest BCUT2D eigenvalue weighted by atomic mass is 9.82. The van der Waals surface area contributed by atoms with Crippen LogP contribution >= 0.6 is 23.5 Å². The molecule has 3 atom stereocenters. The molecule has 4 rings (SSSR count). The molecule has 0 bridgehead atoms. The molecular weight excluding hydrogens is 530 g/mol. The number of amides is 1. The van der Waals surface area contributed by atoms with Crippen LogP contribution in [0.1, 0.15) is 44.3 Å². The fraction of sp³-hybridized carbons (Fsp3) is 0.444. The molecule has 1 aromatic heterocycles. The number of hydrogen-bond donors (Lipinski definition) is 3. The summed E-state index contributed by atoms with van der Waals surface area (Å²) in [6.07, 6.45) is 10.5. The highest BCUT2D eigenvalue weighted by molar-refractivity contribution is 8.17. The smallest absolute Gasteiger partial charge is 0.229 e. The number of aromatic nitrogens is 2. The molecule has 204 valence electrons. The van der Waals surface area contributed by atoms with Gasteiger partial charge in [0, 0.05) is 50.1 Å². The zero-order valence-electron chi connectivity index (χ0n) is 22.0. The molecule has 3 aliphatic rings. The lowest BCUT2D eigenvalue weighted by Crippen LogP contribution is -2.39. The quantitative estimate of drug-likeness (QED) is 0.238. The molecule has 3 N–H and O–H groups in total. The second kappa shape index (κ2) is 14.6. The largest absolute Gasteiger partial charge is 0.339 e. The molecule has 1 aliphatic carbocycles. The van der Waals surface area contributed by atoms with Gasteiger partial charge in [0.15, 0.2) is 10.7 Å². The van der Waals surface area contributed by atoms with E-state index in [1.807, 2.05) is 0 Å². The molecule has 0 spiro atoms. The molecule has 0 aromatic carbocycles. The lowest BCUT2D eigenvalue weighted by Gasteiger charge is -2.30. The van der Waals surface area contributed by atoms with E-state index in [0.717, 1.165) is 46.5 Å². The minimum atomic E-state index is -0.290. The summed E-state index contributed by atoms with van der Waals surface area (Å²) in [5, 5.41) is 12.6. The minimum Gasteiger partial charge on any atom is -0.339 e. The van der Waals surface area contributed by atoms with Crippen molar-refractivity contribution in [2.75, 3.05) is 13.6 Å². The summed E-state index contributed by atoms with van der Waals surface area (Å²) in [7, 11) is 1.76. The topological polar surface area (TPSA) is 128 Å². The van der Waals surface area contributed by atoms with Crippen molar-refractivity contribution in [1.82, 2.24) is 26.0 Å². The van der Waals surface area contributed by atoms with Crippen LogP contribution in [0.25, 0.3) is 0 Å². The first kappa shape index (κ1) is 28.6. The van der Waals surface area contributed by atoms with E-state index in [9.17, 15) is 4.79 Å². The first-order valence-corrected chi connectivity index (χ1v) is 14.5. The Morgan fingerprint density at radius 3 is 2.92 bits per heavy atom. The second-order valence-electron chi connectivity index (χ2n) is 9.15. The van der Waals surface area contributed by atoms with Crippen LogP contribution < -0.4 is 16.1 Å². The maximum Gasteiger partial charge on any atom is 0.229 e. The van der Waals surface area contributed by atoms with E-state index in [1.54, 1.807) is 55.2 Å². The Balaban J connectivity index is 1.23. The van der Waals surface area contributed by atoms with Crippen molar-refractivity contribution in [3.05, 3.63) is 48.0 Å². The molecule has 0 saturated heterocycles. The van der Waals surface area contributed by atoms with Gasteiger partial charge in [0.05, 0.1) is 6.42 Å². The Morgan fingerprint density at radius 2 is 2.10 bits per heavy atom. The van der Waals surface area contributed by atoms with Gasteiger partial charge < -0.3 is 10.6 Å². The molecule has 1 saturated carbocycles. The van der Waals surface area contributed by atoms with E-state index < -0.39 is 0 Å². The molecule has 12 heteroatoms. The molecule has 0 radical (unpaired) electrons. The van der Waals surface area contributed by atoms with Gasteiger partial charge in [-0.2, -0.15) is 5.10 Å². The number of nitrogens with one attached hydrogen (secondary N) is 3. The fourth-order valence-corrected chi connectivity index (χ4v) is 6.30. The summed E-state index contributed by atoms with van der Waals surface area (Å²) >= 11 is 3.12. The van der Waals surface area contributed by atoms with Crippen LogP contribution in [0.2, 0.25) is 0 Å². The van der Waals surface area contributed by atoms with Crippen LogP contribution in [0.3, 0.4) is 0 Å². The highest BCUT2D eigenvalue weighted by atomic mass is 32.2. The number of rotatable bonds is 9. The third-order valence-corrected chi connectivity index (χ3v) is 8.42. The minimum absolute atomic E-state index is 0.134. The van der Waals surface area contributed by atoms with E-state index in [0.29, 0.717) is 42.9 Å². The van der Waals surface area contributed by atoms with Gasteiger partial charge in [-0.1, -0.05) is 54.9 Å². The average Bonchev–Trinajstić information content (AvgIpc) is 3.38. The molecule has 1 fully saturated rings. The summed E-state index contributed by atoms with van der Waals surface area (Å²) in [5.41, 5.74) is 3.54. The SMILES string of the molecule is C=C(CC1=NCC#CCC=N1)NC(=NC)SC(=C)[C@@H]1CCCC(C2=NNC(NC(=O)Cc3ncccn3)S2)C1. The normalized spacial score (nSPS) is 22.7. The van der Waals surface area contributed by atoms with Crippen molar-refractivity contribution in [2.45, 2.75) is 50.4 Å². The van der Waals surface area contributed by atoms with Crippen molar-refractivity contribution >= 4 is 51.7 Å². The van der Waals surface area contributed by atoms with Gasteiger partial charge in [0.25, 0.3) is 0 Å². The van der Waals surface area contributed by atoms with Crippen LogP contribution in [0, 0.1) is 23.7 Å². The van der Waals surface area contributed by atoms with Crippen molar-refractivity contribution < 1.29 is 4.79 Å². The fourth-order valence-electron chi connectivity index (χ4n) is 4.33. The molecule has 1 amide bonds. The molecule has 2 aliphatic heterocycles. The molecule has 1 aromatic rings. The first-order chi connectivity index (χ1) is 19.0. The van der Waals surface area contributed by atoms with E-state index in [1.165, 1.54) is 0 Å². The average molecular weight is 564 g/mol. The highest BCUT2D eigenvalue weighted by Gasteiger charge is 2.32. The zero-order chi connectivity index (χ0) is 27.5. The van der Waals surface area contributed by atoms with Gasteiger partial charge in [-0.3, -0.25) is 20.2 Å². The predicted octanol–water partition coefficient (Wildman–Crippen LogP) is 3.48. The molecule has 39 heavy (non-hydrogen) atoms. The Morgan fingerprint density at radius 1 is 1.26 bits per heavy atom. The van der Waals surface area contributed by atoms with Gasteiger partial charge in [-0.15, -0.1) is 0 Å². The number of hydrazone groups is 1. The summed E-state index contributed by atoms with van der Waals surface area (Å²) in [6, 6.07) is 1.73. The molecule has 3 heterocycles. The Hall–Kier alpha value is -3.43. The van der Waals surface area contributed by atoms with E-state index in [-0.39, 0.29) is 17.8 Å². The number of amidine groups is 2. The van der Waals surface area contributed by atoms with Crippen molar-refractivity contribution in [3.8, 4) is 11.8 Å². The van der Waals surface area contributed by atoms with E-state index in [2.05, 4.69) is 71.1 Å². The van der Waals surface area contributed by atoms with Gasteiger partial charge in [-0.05, 0) is 36.2 Å². The van der Waals surface area contributed by atoms with Gasteiger partial charge >= 0.3 is 0 Å². The summed E-state index contributed by atoms with van der Waals surface area (Å²) < 4.78 is 0. The maximum absolute atomic E-state index is 12.4. The lowest BCUT2D eigenvalue weighted by molar-refractivity contribution is -0.120. The maximum atomic E-state index is 12.4.